The fourth-order valence-corrected chi connectivity index (χ4v) is 2.75. The molecule has 4 nitrogen and oxygen atoms in total. The Labute approximate surface area is 140 Å². The lowest BCUT2D eigenvalue weighted by molar-refractivity contribution is -0.135. The molecule has 0 saturated carbocycles. The topological polar surface area (TPSA) is 53.3 Å². The van der Waals surface area contributed by atoms with E-state index in [1.165, 1.54) is 7.11 Å². The van der Waals surface area contributed by atoms with E-state index in [1.807, 2.05) is 77.8 Å². The van der Waals surface area contributed by atoms with E-state index >= 15 is 0 Å². The normalized spacial score (nSPS) is 14.6. The summed E-state index contributed by atoms with van der Waals surface area (Å²) in [6.07, 6.45) is 3.87. The molecule has 0 N–H and O–H groups in total. The molecule has 4 heteroatoms. The van der Waals surface area contributed by atoms with Gasteiger partial charge < -0.3 is 9.64 Å². The van der Waals surface area contributed by atoms with Gasteiger partial charge in [-0.1, -0.05) is 54.6 Å². The quantitative estimate of drug-likeness (QED) is 0.493. The van der Waals surface area contributed by atoms with Gasteiger partial charge in [-0.2, -0.15) is 5.26 Å². The third-order valence-electron chi connectivity index (χ3n) is 3.87. The zero-order valence-corrected chi connectivity index (χ0v) is 13.3. The van der Waals surface area contributed by atoms with Gasteiger partial charge in [-0.05, 0) is 17.2 Å². The second-order valence-electron chi connectivity index (χ2n) is 5.34. The zero-order chi connectivity index (χ0) is 16.9. The van der Waals surface area contributed by atoms with Crippen LogP contribution >= 0.6 is 0 Å². The van der Waals surface area contributed by atoms with Gasteiger partial charge in [-0.15, -0.1) is 0 Å². The summed E-state index contributed by atoms with van der Waals surface area (Å²) in [4.78, 5) is 14.0. The smallest absolute Gasteiger partial charge is 0.350 e. The highest BCUT2D eigenvalue weighted by molar-refractivity contribution is 6.02. The highest BCUT2D eigenvalue weighted by atomic mass is 16.5. The summed E-state index contributed by atoms with van der Waals surface area (Å²) in [6, 6.07) is 19.6. The average molecular weight is 316 g/mol. The number of benzene rings is 2. The van der Waals surface area contributed by atoms with Gasteiger partial charge in [0.2, 0.25) is 0 Å². The van der Waals surface area contributed by atoms with Gasteiger partial charge >= 0.3 is 5.97 Å². The molecule has 0 fully saturated rings. The van der Waals surface area contributed by atoms with Crippen molar-refractivity contribution >= 4 is 17.7 Å². The van der Waals surface area contributed by atoms with Crippen LogP contribution in [0.2, 0.25) is 0 Å². The third kappa shape index (κ3) is 2.92. The maximum Gasteiger partial charge on any atom is 0.350 e. The van der Waals surface area contributed by atoms with Crippen LogP contribution in [0.15, 0.2) is 66.4 Å². The molecular formula is C20H16N2O2. The molecule has 118 valence electrons. The summed E-state index contributed by atoms with van der Waals surface area (Å²) in [7, 11) is 1.28. The number of esters is 1. The molecule has 1 aliphatic heterocycles. The van der Waals surface area contributed by atoms with E-state index in [9.17, 15) is 10.1 Å². The van der Waals surface area contributed by atoms with Crippen molar-refractivity contribution in [2.75, 3.05) is 7.11 Å². The molecule has 0 amide bonds. The van der Waals surface area contributed by atoms with Crippen LogP contribution in [0.4, 0.5) is 0 Å². The Morgan fingerprint density at radius 3 is 2.54 bits per heavy atom. The van der Waals surface area contributed by atoms with E-state index in [1.54, 1.807) is 0 Å². The first kappa shape index (κ1) is 15.6. The first-order valence-electron chi connectivity index (χ1n) is 7.55. The van der Waals surface area contributed by atoms with Crippen molar-refractivity contribution in [3.8, 4) is 6.07 Å². The number of rotatable bonds is 3. The van der Waals surface area contributed by atoms with Crippen LogP contribution in [0.5, 0.6) is 0 Å². The van der Waals surface area contributed by atoms with Crippen molar-refractivity contribution in [2.24, 2.45) is 0 Å². The molecule has 0 saturated heterocycles. The van der Waals surface area contributed by atoms with E-state index in [4.69, 9.17) is 4.74 Å². The monoisotopic (exact) mass is 316 g/mol. The second-order valence-corrected chi connectivity index (χ2v) is 5.34. The van der Waals surface area contributed by atoms with E-state index in [0.29, 0.717) is 12.2 Å². The summed E-state index contributed by atoms with van der Waals surface area (Å²) >= 11 is 0. The fraction of sp³-hybridized carbons (Fsp3) is 0.100. The van der Waals surface area contributed by atoms with Crippen molar-refractivity contribution in [3.05, 3.63) is 83.1 Å². The number of ether oxygens (including phenoxy) is 1. The predicted octanol–water partition coefficient (Wildman–Crippen LogP) is 3.58. The molecule has 2 aromatic carbocycles. The number of nitrogens with zero attached hydrogens (tertiary/aromatic N) is 2. The molecule has 0 aliphatic carbocycles. The lowest BCUT2D eigenvalue weighted by Gasteiger charge is -2.29. The summed E-state index contributed by atoms with van der Waals surface area (Å²) in [5, 5.41) is 9.53. The second kappa shape index (κ2) is 6.84. The molecule has 1 heterocycles. The van der Waals surface area contributed by atoms with Crippen molar-refractivity contribution in [3.63, 3.8) is 0 Å². The van der Waals surface area contributed by atoms with Gasteiger partial charge in [-0.25, -0.2) is 4.79 Å². The number of nitriles is 1. The number of methoxy groups -OCH3 is 1. The largest absolute Gasteiger partial charge is 0.465 e. The van der Waals surface area contributed by atoms with E-state index in [0.717, 1.165) is 16.7 Å². The highest BCUT2D eigenvalue weighted by Crippen LogP contribution is 2.33. The summed E-state index contributed by atoms with van der Waals surface area (Å²) in [5.74, 6) is -0.629. The number of hydrogen-bond donors (Lipinski definition) is 0. The van der Waals surface area contributed by atoms with Crippen LogP contribution < -0.4 is 0 Å². The van der Waals surface area contributed by atoms with Gasteiger partial charge in [0, 0.05) is 18.3 Å². The summed E-state index contributed by atoms with van der Waals surface area (Å²) < 4.78 is 4.80. The number of carbonyl (C=O) groups excluding carboxylic acids is 1. The molecule has 2 aromatic rings. The first-order chi connectivity index (χ1) is 11.7. The van der Waals surface area contributed by atoms with E-state index in [-0.39, 0.29) is 5.57 Å². The molecule has 0 spiro atoms. The Hall–Kier alpha value is -3.32. The lowest BCUT2D eigenvalue weighted by Crippen LogP contribution is -2.22. The van der Waals surface area contributed by atoms with E-state index < -0.39 is 5.97 Å². The molecule has 1 aliphatic rings. The van der Waals surface area contributed by atoms with Gasteiger partial charge in [0.15, 0.2) is 5.57 Å². The molecule has 0 radical (unpaired) electrons. The standard InChI is InChI=1S/C20H16N2O2/c1-24-20(23)18(13-21)19-17-10-6-5-9-16(17)11-12-22(19)14-15-7-3-2-4-8-15/h2-12H,14H2,1H3/b19-18+. The minimum atomic E-state index is -0.629. The molecular weight excluding hydrogens is 300 g/mol. The van der Waals surface area contributed by atoms with Crippen LogP contribution in [0.25, 0.3) is 11.8 Å². The van der Waals surface area contributed by atoms with Gasteiger partial charge in [-0.3, -0.25) is 0 Å². The average Bonchev–Trinajstić information content (AvgIpc) is 2.64. The SMILES string of the molecule is COC(=O)/C(C#N)=C1\c2ccccc2C=CN1Cc1ccccc1. The Kier molecular flexibility index (Phi) is 4.44. The highest BCUT2D eigenvalue weighted by Gasteiger charge is 2.25. The van der Waals surface area contributed by atoms with Gasteiger partial charge in [0.1, 0.15) is 6.07 Å². The number of carbonyl (C=O) groups is 1. The number of fused-ring (bicyclic) bond motifs is 1. The van der Waals surface area contributed by atoms with Gasteiger partial charge in [0.05, 0.1) is 12.8 Å². The van der Waals surface area contributed by atoms with Crippen LogP contribution in [0.1, 0.15) is 16.7 Å². The van der Waals surface area contributed by atoms with Crippen molar-refractivity contribution < 1.29 is 9.53 Å². The van der Waals surface area contributed by atoms with Crippen molar-refractivity contribution in [1.82, 2.24) is 4.90 Å². The Bertz CT molecular complexity index is 861. The van der Waals surface area contributed by atoms with Crippen molar-refractivity contribution in [2.45, 2.75) is 6.54 Å². The maximum absolute atomic E-state index is 12.1. The van der Waals surface area contributed by atoms with E-state index in [2.05, 4.69) is 0 Å². The summed E-state index contributed by atoms with van der Waals surface area (Å²) in [6.45, 7) is 0.559. The van der Waals surface area contributed by atoms with Crippen molar-refractivity contribution in [1.29, 1.82) is 5.26 Å². The van der Waals surface area contributed by atoms with Crippen LogP contribution in [0.3, 0.4) is 0 Å². The molecule has 0 aromatic heterocycles. The minimum absolute atomic E-state index is 0.00484. The molecule has 0 unspecified atom stereocenters. The lowest BCUT2D eigenvalue weighted by atomic mass is 9.96. The van der Waals surface area contributed by atoms with Crippen LogP contribution in [0, 0.1) is 11.3 Å². The fourth-order valence-electron chi connectivity index (χ4n) is 2.75. The van der Waals surface area contributed by atoms with Crippen LogP contribution in [-0.4, -0.2) is 18.0 Å². The van der Waals surface area contributed by atoms with Crippen LogP contribution in [-0.2, 0) is 16.1 Å². The molecule has 24 heavy (non-hydrogen) atoms. The predicted molar refractivity (Wildman–Crippen MR) is 92.0 cm³/mol. The number of hydrogen-bond acceptors (Lipinski definition) is 4. The zero-order valence-electron chi connectivity index (χ0n) is 13.3. The third-order valence-corrected chi connectivity index (χ3v) is 3.87. The molecule has 3 rings (SSSR count). The first-order valence-corrected chi connectivity index (χ1v) is 7.55. The van der Waals surface area contributed by atoms with Gasteiger partial charge in [0.25, 0.3) is 0 Å². The molecule has 0 atom stereocenters. The summed E-state index contributed by atoms with van der Waals surface area (Å²) in [5.41, 5.74) is 3.48. The Morgan fingerprint density at radius 2 is 1.83 bits per heavy atom. The molecule has 0 bridgehead atoms. The minimum Gasteiger partial charge on any atom is -0.465 e. The Balaban J connectivity index is 2.13. The maximum atomic E-state index is 12.1. The Morgan fingerprint density at radius 1 is 1.12 bits per heavy atom.